The smallest absolute Gasteiger partial charge is 0.267 e. The highest BCUT2D eigenvalue weighted by Gasteiger charge is 2.14. The first-order valence-electron chi connectivity index (χ1n) is 8.72. The molecule has 0 fully saturated rings. The average Bonchev–Trinajstić information content (AvgIpc) is 3.22. The van der Waals surface area contributed by atoms with Gasteiger partial charge in [0.05, 0.1) is 23.4 Å². The van der Waals surface area contributed by atoms with Crippen molar-refractivity contribution in [2.24, 2.45) is 0 Å². The number of unbranched alkanes of at least 4 members (excludes halogenated alkanes) is 2. The van der Waals surface area contributed by atoms with Crippen LogP contribution in [0.4, 0.5) is 5.69 Å². The third-order valence-corrected chi connectivity index (χ3v) is 5.12. The highest BCUT2D eigenvalue weighted by Crippen LogP contribution is 2.25. The number of thiophene rings is 1. The number of nitrogens with zero attached hydrogens (tertiary/aromatic N) is 2. The molecule has 0 spiro atoms. The van der Waals surface area contributed by atoms with Crippen LogP contribution in [0.2, 0.25) is 0 Å². The molecule has 0 atom stereocenters. The number of rotatable bonds is 7. The quantitative estimate of drug-likeness (QED) is 0.408. The number of carbonyl (C=O) groups excluding carboxylic acids is 1. The number of anilines is 1. The first-order valence-corrected chi connectivity index (χ1v) is 9.95. The van der Waals surface area contributed by atoms with Crippen LogP contribution < -0.4 is 15.4 Å². The second-order valence-corrected chi connectivity index (χ2v) is 7.47. The molecule has 0 saturated heterocycles. The second-order valence-electron chi connectivity index (χ2n) is 6.03. The number of aromatic nitrogens is 3. The van der Waals surface area contributed by atoms with Crippen LogP contribution in [0.25, 0.3) is 10.2 Å². The molecule has 0 unspecified atom stereocenters. The second kappa shape index (κ2) is 8.92. The van der Waals surface area contributed by atoms with Gasteiger partial charge in [-0.2, -0.15) is 5.10 Å². The van der Waals surface area contributed by atoms with E-state index in [9.17, 15) is 4.79 Å². The van der Waals surface area contributed by atoms with Gasteiger partial charge >= 0.3 is 0 Å². The minimum absolute atomic E-state index is 0.211. The Hall–Kier alpha value is -2.52. The molecule has 27 heavy (non-hydrogen) atoms. The summed E-state index contributed by atoms with van der Waals surface area (Å²) in [6, 6.07) is 5.39. The molecule has 0 radical (unpaired) electrons. The van der Waals surface area contributed by atoms with E-state index in [1.165, 1.54) is 11.3 Å². The van der Waals surface area contributed by atoms with Crippen molar-refractivity contribution in [3.63, 3.8) is 0 Å². The van der Waals surface area contributed by atoms with Gasteiger partial charge in [0.15, 0.2) is 5.11 Å². The monoisotopic (exact) mass is 403 g/mol. The molecule has 7 nitrogen and oxygen atoms in total. The number of thiocarbonyl (C=S) groups is 1. The molecule has 0 aromatic carbocycles. The van der Waals surface area contributed by atoms with Crippen LogP contribution in [-0.2, 0) is 0 Å². The fraction of sp³-hybridized carbons (Fsp3) is 0.333. The van der Waals surface area contributed by atoms with Crippen molar-refractivity contribution in [3.05, 3.63) is 35.0 Å². The molecule has 9 heteroatoms. The van der Waals surface area contributed by atoms with Gasteiger partial charge in [-0.15, -0.1) is 11.3 Å². The number of aromatic amines is 1. The third kappa shape index (κ3) is 5.01. The van der Waals surface area contributed by atoms with E-state index in [1.54, 1.807) is 12.3 Å². The lowest BCUT2D eigenvalue weighted by atomic mass is 10.3. The van der Waals surface area contributed by atoms with Gasteiger partial charge in [0.2, 0.25) is 5.88 Å². The van der Waals surface area contributed by atoms with E-state index in [-0.39, 0.29) is 11.0 Å². The number of carbonyl (C=O) groups is 1. The number of fused-ring (bicyclic) bond motifs is 1. The zero-order chi connectivity index (χ0) is 19.2. The molecule has 1 amide bonds. The van der Waals surface area contributed by atoms with Gasteiger partial charge in [-0.05, 0) is 37.7 Å². The zero-order valence-electron chi connectivity index (χ0n) is 15.2. The lowest BCUT2D eigenvalue weighted by Crippen LogP contribution is -2.33. The molecule has 3 heterocycles. The fourth-order valence-electron chi connectivity index (χ4n) is 2.44. The third-order valence-electron chi connectivity index (χ3n) is 3.88. The van der Waals surface area contributed by atoms with Gasteiger partial charge in [0, 0.05) is 17.1 Å². The van der Waals surface area contributed by atoms with Crippen LogP contribution in [0.15, 0.2) is 24.4 Å². The van der Waals surface area contributed by atoms with Crippen molar-refractivity contribution in [1.82, 2.24) is 20.5 Å². The summed E-state index contributed by atoms with van der Waals surface area (Å²) in [6.07, 6.45) is 4.93. The largest absolute Gasteiger partial charge is 0.478 e. The first-order chi connectivity index (χ1) is 13.1. The number of nitrogens with one attached hydrogen (secondary N) is 3. The normalized spacial score (nSPS) is 10.7. The van der Waals surface area contributed by atoms with Crippen LogP contribution in [0.1, 0.15) is 41.6 Å². The summed E-state index contributed by atoms with van der Waals surface area (Å²) >= 11 is 6.53. The molecular formula is C18H21N5O2S2. The number of H-pyrrole nitrogens is 1. The van der Waals surface area contributed by atoms with Gasteiger partial charge in [0.1, 0.15) is 4.83 Å². The Morgan fingerprint density at radius 2 is 2.22 bits per heavy atom. The summed E-state index contributed by atoms with van der Waals surface area (Å²) in [4.78, 5) is 17.9. The number of aryl methyl sites for hydroxylation is 1. The van der Waals surface area contributed by atoms with E-state index < -0.39 is 0 Å². The minimum atomic E-state index is -0.265. The average molecular weight is 404 g/mol. The molecule has 0 aliphatic carbocycles. The van der Waals surface area contributed by atoms with E-state index in [0.717, 1.165) is 35.2 Å². The maximum Gasteiger partial charge on any atom is 0.267 e. The van der Waals surface area contributed by atoms with E-state index in [4.69, 9.17) is 17.0 Å². The maximum atomic E-state index is 12.3. The van der Waals surface area contributed by atoms with Crippen molar-refractivity contribution in [3.8, 4) is 5.88 Å². The highest BCUT2D eigenvalue weighted by molar-refractivity contribution is 7.80. The van der Waals surface area contributed by atoms with Gasteiger partial charge in [-0.1, -0.05) is 19.8 Å². The van der Waals surface area contributed by atoms with E-state index >= 15 is 0 Å². The molecule has 0 aliphatic rings. The summed E-state index contributed by atoms with van der Waals surface area (Å²) < 4.78 is 5.57. The van der Waals surface area contributed by atoms with E-state index in [0.29, 0.717) is 23.1 Å². The summed E-state index contributed by atoms with van der Waals surface area (Å²) in [5.74, 6) is 0.308. The lowest BCUT2D eigenvalue weighted by molar-refractivity contribution is 0.0981. The number of pyridine rings is 1. The van der Waals surface area contributed by atoms with Crippen molar-refractivity contribution >= 4 is 50.5 Å². The Morgan fingerprint density at radius 1 is 1.37 bits per heavy atom. The molecule has 0 saturated carbocycles. The van der Waals surface area contributed by atoms with Crippen LogP contribution in [-0.4, -0.2) is 32.8 Å². The molecule has 3 aromatic heterocycles. The molecular weight excluding hydrogens is 382 g/mol. The Labute approximate surface area is 166 Å². The van der Waals surface area contributed by atoms with Gasteiger partial charge < -0.3 is 10.1 Å². The molecule has 0 aliphatic heterocycles. The van der Waals surface area contributed by atoms with Gasteiger partial charge in [-0.25, -0.2) is 4.98 Å². The van der Waals surface area contributed by atoms with Crippen molar-refractivity contribution < 1.29 is 9.53 Å². The Bertz CT molecular complexity index is 933. The number of amides is 1. The Kier molecular flexibility index (Phi) is 6.36. The summed E-state index contributed by atoms with van der Waals surface area (Å²) in [7, 11) is 0. The predicted octanol–water partition coefficient (Wildman–Crippen LogP) is 4.02. The number of hydrogen-bond donors (Lipinski definition) is 3. The molecule has 142 valence electrons. The number of ether oxygens (including phenoxy) is 1. The zero-order valence-corrected chi connectivity index (χ0v) is 16.8. The Balaban J connectivity index is 1.51. The maximum absolute atomic E-state index is 12.3. The fourth-order valence-corrected chi connectivity index (χ4v) is 3.59. The summed E-state index contributed by atoms with van der Waals surface area (Å²) in [5, 5.41) is 13.8. The Morgan fingerprint density at radius 3 is 2.93 bits per heavy atom. The SMILES string of the molecule is CCCCCOc1ccc(NC(=S)NC(=O)c2cc3c(C)[nH]nc3s2)cn1. The molecule has 3 rings (SSSR count). The molecule has 3 N–H and O–H groups in total. The standard InChI is InChI=1S/C18H21N5O2S2/c1-3-4-5-8-25-15-7-6-12(10-19-15)20-18(26)21-16(24)14-9-13-11(2)22-23-17(13)27-14/h6-7,9-10H,3-5,8H2,1-2H3,(H,22,23)(H2,20,21,24,26). The van der Waals surface area contributed by atoms with Crippen LogP contribution >= 0.6 is 23.6 Å². The predicted molar refractivity (Wildman–Crippen MR) is 112 cm³/mol. The topological polar surface area (TPSA) is 91.9 Å². The number of hydrogen-bond acceptors (Lipinski definition) is 6. The highest BCUT2D eigenvalue weighted by atomic mass is 32.1. The van der Waals surface area contributed by atoms with Crippen molar-refractivity contribution in [2.45, 2.75) is 33.1 Å². The van der Waals surface area contributed by atoms with Crippen LogP contribution in [0.5, 0.6) is 5.88 Å². The lowest BCUT2D eigenvalue weighted by Gasteiger charge is -2.09. The van der Waals surface area contributed by atoms with Gasteiger partial charge in [-0.3, -0.25) is 15.2 Å². The van der Waals surface area contributed by atoms with Crippen molar-refractivity contribution in [2.75, 3.05) is 11.9 Å². The van der Waals surface area contributed by atoms with E-state index in [2.05, 4.69) is 32.7 Å². The molecule has 3 aromatic rings. The van der Waals surface area contributed by atoms with Crippen LogP contribution in [0, 0.1) is 6.92 Å². The molecule has 0 bridgehead atoms. The van der Waals surface area contributed by atoms with Gasteiger partial charge in [0.25, 0.3) is 5.91 Å². The van der Waals surface area contributed by atoms with E-state index in [1.807, 2.05) is 19.1 Å². The summed E-state index contributed by atoms with van der Waals surface area (Å²) in [5.41, 5.74) is 1.61. The van der Waals surface area contributed by atoms with Crippen LogP contribution in [0.3, 0.4) is 0 Å². The summed E-state index contributed by atoms with van der Waals surface area (Å²) in [6.45, 7) is 4.73. The van der Waals surface area contributed by atoms with Crippen molar-refractivity contribution in [1.29, 1.82) is 0 Å². The first kappa shape index (κ1) is 19.2. The minimum Gasteiger partial charge on any atom is -0.478 e.